The Kier molecular flexibility index (Phi) is 5.25. The van der Waals surface area contributed by atoms with Crippen LogP contribution in [0.3, 0.4) is 0 Å². The first-order valence-electron chi connectivity index (χ1n) is 9.19. The third kappa shape index (κ3) is 4.27. The van der Waals surface area contributed by atoms with Crippen molar-refractivity contribution in [3.8, 4) is 5.69 Å². The summed E-state index contributed by atoms with van der Waals surface area (Å²) < 4.78 is 1.44. The van der Waals surface area contributed by atoms with E-state index in [-0.39, 0.29) is 11.2 Å². The number of rotatable bonds is 5. The second-order valence-corrected chi connectivity index (χ2v) is 6.48. The Bertz CT molecular complexity index is 1200. The molecule has 0 saturated carbocycles. The number of hydrogen-bond acceptors (Lipinski definition) is 4. The van der Waals surface area contributed by atoms with Crippen molar-refractivity contribution in [2.45, 2.75) is 6.92 Å². The van der Waals surface area contributed by atoms with Gasteiger partial charge >= 0.3 is 0 Å². The maximum atomic E-state index is 13.0. The summed E-state index contributed by atoms with van der Waals surface area (Å²) >= 11 is 0. The van der Waals surface area contributed by atoms with Crippen molar-refractivity contribution in [3.63, 3.8) is 0 Å². The fourth-order valence-electron chi connectivity index (χ4n) is 2.76. The maximum absolute atomic E-state index is 13.0. The highest BCUT2D eigenvalue weighted by Gasteiger charge is 2.14. The van der Waals surface area contributed by atoms with Crippen LogP contribution in [0.25, 0.3) is 5.69 Å². The number of aliphatic imine (C=N–C) groups is 1. The Balaban J connectivity index is 1.76. The summed E-state index contributed by atoms with van der Waals surface area (Å²) in [6.07, 6.45) is 1.60. The fourth-order valence-corrected chi connectivity index (χ4v) is 2.76. The molecule has 0 aliphatic heterocycles. The molecule has 142 valence electrons. The summed E-state index contributed by atoms with van der Waals surface area (Å²) in [6, 6.07) is 26.4. The third-order valence-corrected chi connectivity index (χ3v) is 4.31. The topological polar surface area (TPSA) is 74.9 Å². The van der Waals surface area contributed by atoms with E-state index < -0.39 is 0 Å². The van der Waals surface area contributed by atoms with Gasteiger partial charge in [0.15, 0.2) is 5.69 Å². The van der Waals surface area contributed by atoms with Crippen molar-refractivity contribution in [1.82, 2.24) is 9.78 Å². The van der Waals surface area contributed by atoms with E-state index in [4.69, 9.17) is 0 Å². The summed E-state index contributed by atoms with van der Waals surface area (Å²) in [5, 5.41) is 11.5. The van der Waals surface area contributed by atoms with Crippen LogP contribution in [0, 0.1) is 6.92 Å². The molecular weight excluding hydrogens is 362 g/mol. The molecule has 0 radical (unpaired) electrons. The molecule has 6 nitrogen and oxygen atoms in total. The van der Waals surface area contributed by atoms with Crippen LogP contribution in [-0.2, 0) is 0 Å². The first-order valence-corrected chi connectivity index (χ1v) is 9.19. The molecule has 4 aromatic rings. The minimum atomic E-state index is -0.291. The fraction of sp³-hybridized carbons (Fsp3) is 0.0435. The summed E-state index contributed by atoms with van der Waals surface area (Å²) in [5.74, 6) is 0. The average Bonchev–Trinajstić information content (AvgIpc) is 3.08. The first-order chi connectivity index (χ1) is 14.2. The standard InChI is InChI=1S/C23H19N5O/c1-17-12-14-18(15-13-17)24-16-21-22(26-25-19-8-4-2-5-9-19)23(29)28(27-21)20-10-6-3-7-11-20/h2-16,27H,1H3. The Morgan fingerprint density at radius 1 is 0.793 bits per heavy atom. The molecule has 0 amide bonds. The lowest BCUT2D eigenvalue weighted by atomic mass is 10.2. The number of hydrogen-bond donors (Lipinski definition) is 1. The SMILES string of the molecule is Cc1ccc(N=Cc2[nH]n(-c3ccccc3)c(=O)c2N=Nc2ccccc2)cc1. The van der Waals surface area contributed by atoms with Crippen molar-refractivity contribution >= 4 is 23.3 Å². The Hall–Kier alpha value is -4.06. The zero-order valence-electron chi connectivity index (χ0n) is 15.9. The number of H-pyrrole nitrogens is 1. The number of aryl methyl sites for hydroxylation is 1. The maximum Gasteiger partial charge on any atom is 0.299 e. The Morgan fingerprint density at radius 2 is 1.45 bits per heavy atom. The third-order valence-electron chi connectivity index (χ3n) is 4.31. The van der Waals surface area contributed by atoms with Crippen molar-refractivity contribution in [2.75, 3.05) is 0 Å². The molecule has 0 unspecified atom stereocenters. The van der Waals surface area contributed by atoms with Crippen molar-refractivity contribution in [3.05, 3.63) is 107 Å². The van der Waals surface area contributed by atoms with Gasteiger partial charge in [0.1, 0.15) is 5.69 Å². The van der Waals surface area contributed by atoms with Crippen LogP contribution in [-0.4, -0.2) is 16.0 Å². The van der Waals surface area contributed by atoms with Gasteiger partial charge in [0, 0.05) is 0 Å². The molecule has 0 bridgehead atoms. The molecule has 1 N–H and O–H groups in total. The number of azo groups is 1. The summed E-state index contributed by atoms with van der Waals surface area (Å²) in [7, 11) is 0. The minimum absolute atomic E-state index is 0.202. The molecule has 1 heterocycles. The predicted molar refractivity (Wildman–Crippen MR) is 115 cm³/mol. The van der Waals surface area contributed by atoms with Crippen molar-refractivity contribution < 1.29 is 0 Å². The van der Waals surface area contributed by atoms with Gasteiger partial charge in [0.05, 0.1) is 23.3 Å². The second-order valence-electron chi connectivity index (χ2n) is 6.48. The first kappa shape index (κ1) is 18.3. The molecule has 3 aromatic carbocycles. The number of nitrogens with one attached hydrogen (secondary N) is 1. The molecule has 0 aliphatic carbocycles. The Morgan fingerprint density at radius 3 is 2.14 bits per heavy atom. The number of benzene rings is 3. The number of para-hydroxylation sites is 1. The van der Waals surface area contributed by atoms with Crippen LogP contribution >= 0.6 is 0 Å². The largest absolute Gasteiger partial charge is 0.299 e. The summed E-state index contributed by atoms with van der Waals surface area (Å²) in [5.41, 5.74) is 3.72. The normalized spacial score (nSPS) is 11.5. The predicted octanol–water partition coefficient (Wildman–Crippen LogP) is 5.64. The molecular formula is C23H19N5O. The zero-order chi connectivity index (χ0) is 20.1. The van der Waals surface area contributed by atoms with E-state index in [1.165, 1.54) is 4.68 Å². The molecule has 0 fully saturated rings. The van der Waals surface area contributed by atoms with E-state index in [1.807, 2.05) is 91.9 Å². The minimum Gasteiger partial charge on any atom is -0.287 e. The summed E-state index contributed by atoms with van der Waals surface area (Å²) in [4.78, 5) is 17.5. The number of aromatic nitrogens is 2. The van der Waals surface area contributed by atoms with Gasteiger partial charge in [-0.15, -0.1) is 5.11 Å². The smallest absolute Gasteiger partial charge is 0.287 e. The lowest BCUT2D eigenvalue weighted by molar-refractivity contribution is 0.846. The van der Waals surface area contributed by atoms with Gasteiger partial charge in [-0.2, -0.15) is 5.11 Å². The highest BCUT2D eigenvalue weighted by molar-refractivity contribution is 5.85. The lowest BCUT2D eigenvalue weighted by Gasteiger charge is -1.99. The van der Waals surface area contributed by atoms with Gasteiger partial charge < -0.3 is 0 Å². The molecule has 1 aromatic heterocycles. The molecule has 4 rings (SSSR count). The van der Waals surface area contributed by atoms with Crippen LogP contribution in [0.5, 0.6) is 0 Å². The van der Waals surface area contributed by atoms with Gasteiger partial charge in [-0.05, 0) is 43.3 Å². The second kappa shape index (κ2) is 8.31. The van der Waals surface area contributed by atoms with Gasteiger partial charge in [-0.25, -0.2) is 4.68 Å². The molecule has 0 aliphatic rings. The molecule has 0 saturated heterocycles. The lowest BCUT2D eigenvalue weighted by Crippen LogP contribution is -2.13. The van der Waals surface area contributed by atoms with E-state index in [0.717, 1.165) is 11.3 Å². The van der Waals surface area contributed by atoms with Crippen LogP contribution in [0.4, 0.5) is 17.1 Å². The monoisotopic (exact) mass is 381 g/mol. The van der Waals surface area contributed by atoms with E-state index >= 15 is 0 Å². The zero-order valence-corrected chi connectivity index (χ0v) is 15.9. The van der Waals surface area contributed by atoms with Crippen molar-refractivity contribution in [2.24, 2.45) is 15.2 Å². The number of nitrogens with zero attached hydrogens (tertiary/aromatic N) is 4. The molecule has 0 spiro atoms. The highest BCUT2D eigenvalue weighted by atomic mass is 16.1. The van der Waals surface area contributed by atoms with E-state index in [0.29, 0.717) is 17.1 Å². The van der Waals surface area contributed by atoms with E-state index in [1.54, 1.807) is 6.21 Å². The molecule has 29 heavy (non-hydrogen) atoms. The van der Waals surface area contributed by atoms with Gasteiger partial charge in [-0.3, -0.25) is 14.9 Å². The van der Waals surface area contributed by atoms with Gasteiger partial charge in [-0.1, -0.05) is 54.1 Å². The summed E-state index contributed by atoms with van der Waals surface area (Å²) in [6.45, 7) is 2.02. The van der Waals surface area contributed by atoms with Crippen molar-refractivity contribution in [1.29, 1.82) is 0 Å². The van der Waals surface area contributed by atoms with Gasteiger partial charge in [0.25, 0.3) is 5.56 Å². The van der Waals surface area contributed by atoms with Crippen LogP contribution < -0.4 is 5.56 Å². The number of aromatic amines is 1. The van der Waals surface area contributed by atoms with E-state index in [2.05, 4.69) is 20.3 Å². The van der Waals surface area contributed by atoms with Crippen LogP contribution in [0.2, 0.25) is 0 Å². The molecule has 0 atom stereocenters. The van der Waals surface area contributed by atoms with Gasteiger partial charge in [0.2, 0.25) is 0 Å². The van der Waals surface area contributed by atoms with Crippen LogP contribution in [0.15, 0.2) is 105 Å². The molecule has 6 heteroatoms. The highest BCUT2D eigenvalue weighted by Crippen LogP contribution is 2.19. The van der Waals surface area contributed by atoms with E-state index in [9.17, 15) is 4.79 Å². The Labute approximate surface area is 167 Å². The average molecular weight is 381 g/mol. The quantitative estimate of drug-likeness (QED) is 0.352. The van der Waals surface area contributed by atoms with Crippen LogP contribution in [0.1, 0.15) is 11.3 Å².